The molecule has 1 aliphatic rings. The predicted molar refractivity (Wildman–Crippen MR) is 88.4 cm³/mol. The molecule has 0 radical (unpaired) electrons. The number of aromatic nitrogens is 3. The maximum absolute atomic E-state index is 12.5. The molecule has 0 spiro atoms. The van der Waals surface area contributed by atoms with E-state index in [0.29, 0.717) is 17.1 Å². The Balaban J connectivity index is 1.70. The van der Waals surface area contributed by atoms with Crippen molar-refractivity contribution in [1.29, 1.82) is 0 Å². The molecule has 0 aliphatic carbocycles. The molecule has 1 atom stereocenters. The zero-order valence-corrected chi connectivity index (χ0v) is 14.2. The van der Waals surface area contributed by atoms with Crippen LogP contribution >= 0.6 is 11.6 Å². The first kappa shape index (κ1) is 16.4. The number of nitrogens with one attached hydrogen (secondary N) is 1. The average Bonchev–Trinajstić information content (AvgIpc) is 3.10. The lowest BCUT2D eigenvalue weighted by Crippen LogP contribution is -2.32. The van der Waals surface area contributed by atoms with Crippen LogP contribution in [0.5, 0.6) is 0 Å². The van der Waals surface area contributed by atoms with Crippen molar-refractivity contribution >= 4 is 23.5 Å². The molecule has 1 N–H and O–H groups in total. The number of amides is 3. The Kier molecular flexibility index (Phi) is 4.53. The van der Waals surface area contributed by atoms with Gasteiger partial charge in [-0.1, -0.05) is 35.0 Å². The first-order valence-electron chi connectivity index (χ1n) is 7.71. The van der Waals surface area contributed by atoms with Gasteiger partial charge >= 0.3 is 6.03 Å². The van der Waals surface area contributed by atoms with E-state index in [1.807, 2.05) is 19.9 Å². The fourth-order valence-corrected chi connectivity index (χ4v) is 2.73. The van der Waals surface area contributed by atoms with Crippen LogP contribution in [0.1, 0.15) is 31.1 Å². The summed E-state index contributed by atoms with van der Waals surface area (Å²) in [5.41, 5.74) is 1.40. The molecular weight excluding hydrogens is 330 g/mol. The molecule has 3 rings (SSSR count). The van der Waals surface area contributed by atoms with E-state index in [2.05, 4.69) is 15.6 Å². The van der Waals surface area contributed by atoms with Gasteiger partial charge in [0.05, 0.1) is 12.2 Å². The number of hydrogen-bond donors (Lipinski definition) is 1. The Morgan fingerprint density at radius 2 is 2.04 bits per heavy atom. The molecule has 1 saturated heterocycles. The smallest absolute Gasteiger partial charge is 0.325 e. The maximum atomic E-state index is 12.5. The zero-order valence-electron chi connectivity index (χ0n) is 13.4. The van der Waals surface area contributed by atoms with Gasteiger partial charge in [0.25, 0.3) is 5.91 Å². The lowest BCUT2D eigenvalue weighted by molar-refractivity contribution is -0.127. The van der Waals surface area contributed by atoms with Crippen LogP contribution < -0.4 is 5.32 Å². The summed E-state index contributed by atoms with van der Waals surface area (Å²) in [4.78, 5) is 25.8. The van der Waals surface area contributed by atoms with E-state index in [4.69, 9.17) is 11.6 Å². The van der Waals surface area contributed by atoms with Gasteiger partial charge in [0.2, 0.25) is 0 Å². The average molecular weight is 348 g/mol. The topological polar surface area (TPSA) is 80.1 Å². The number of nitrogens with zero attached hydrogens (tertiary/aromatic N) is 4. The van der Waals surface area contributed by atoms with Crippen molar-refractivity contribution in [3.05, 3.63) is 46.7 Å². The van der Waals surface area contributed by atoms with Crippen LogP contribution in [0.2, 0.25) is 5.02 Å². The van der Waals surface area contributed by atoms with Gasteiger partial charge in [0.1, 0.15) is 6.04 Å². The molecule has 1 aliphatic heterocycles. The Bertz CT molecular complexity index is 773. The van der Waals surface area contributed by atoms with Gasteiger partial charge in [0.15, 0.2) is 0 Å². The zero-order chi connectivity index (χ0) is 17.3. The molecule has 1 fully saturated rings. The minimum atomic E-state index is -0.628. The van der Waals surface area contributed by atoms with E-state index < -0.39 is 12.1 Å². The molecule has 1 unspecified atom stereocenters. The first-order chi connectivity index (χ1) is 11.5. The Morgan fingerprint density at radius 1 is 1.29 bits per heavy atom. The number of carbonyl (C=O) groups excluding carboxylic acids is 2. The van der Waals surface area contributed by atoms with Gasteiger partial charge < -0.3 is 5.32 Å². The Morgan fingerprint density at radius 3 is 2.71 bits per heavy atom. The van der Waals surface area contributed by atoms with Gasteiger partial charge in [-0.3, -0.25) is 9.69 Å². The molecule has 126 valence electrons. The molecule has 24 heavy (non-hydrogen) atoms. The number of carbonyl (C=O) groups is 2. The summed E-state index contributed by atoms with van der Waals surface area (Å²) in [7, 11) is 0. The second-order valence-corrected chi connectivity index (χ2v) is 6.41. The van der Waals surface area contributed by atoms with Crippen molar-refractivity contribution in [3.8, 4) is 0 Å². The number of benzene rings is 1. The molecule has 1 aromatic carbocycles. The molecule has 8 heteroatoms. The van der Waals surface area contributed by atoms with Gasteiger partial charge in [-0.15, -0.1) is 5.10 Å². The van der Waals surface area contributed by atoms with E-state index in [1.54, 1.807) is 29.1 Å². The van der Waals surface area contributed by atoms with Crippen molar-refractivity contribution in [2.75, 3.05) is 0 Å². The first-order valence-corrected chi connectivity index (χ1v) is 8.09. The van der Waals surface area contributed by atoms with Crippen LogP contribution in [0.4, 0.5) is 4.79 Å². The lowest BCUT2D eigenvalue weighted by atomic mass is 10.1. The fourth-order valence-electron chi connectivity index (χ4n) is 2.53. The predicted octanol–water partition coefficient (Wildman–Crippen LogP) is 2.18. The summed E-state index contributed by atoms with van der Waals surface area (Å²) >= 11 is 6.11. The lowest BCUT2D eigenvalue weighted by Gasteiger charge is -2.13. The SMILES string of the molecule is CC(C)n1cc(CC2NC(=O)N(Cc3ccccc3Cl)C2=O)nn1. The number of hydrogen-bond acceptors (Lipinski definition) is 4. The van der Waals surface area contributed by atoms with Crippen LogP contribution in [-0.2, 0) is 17.8 Å². The van der Waals surface area contributed by atoms with Gasteiger partial charge in [0, 0.05) is 23.7 Å². The van der Waals surface area contributed by atoms with Crippen molar-refractivity contribution in [2.24, 2.45) is 0 Å². The highest BCUT2D eigenvalue weighted by atomic mass is 35.5. The van der Waals surface area contributed by atoms with Gasteiger partial charge in [-0.2, -0.15) is 0 Å². The quantitative estimate of drug-likeness (QED) is 0.841. The molecule has 2 aromatic rings. The summed E-state index contributed by atoms with van der Waals surface area (Å²) < 4.78 is 1.72. The molecule has 7 nitrogen and oxygen atoms in total. The molecule has 3 amide bonds. The van der Waals surface area contributed by atoms with Crippen molar-refractivity contribution < 1.29 is 9.59 Å². The summed E-state index contributed by atoms with van der Waals surface area (Å²) in [6, 6.07) is 6.30. The van der Waals surface area contributed by atoms with Crippen molar-refractivity contribution in [3.63, 3.8) is 0 Å². The second-order valence-electron chi connectivity index (χ2n) is 6.01. The molecular formula is C16H18ClN5O2. The van der Waals surface area contributed by atoms with Gasteiger partial charge in [-0.05, 0) is 25.5 Å². The van der Waals surface area contributed by atoms with Crippen molar-refractivity contribution in [1.82, 2.24) is 25.2 Å². The van der Waals surface area contributed by atoms with E-state index in [0.717, 1.165) is 5.56 Å². The summed E-state index contributed by atoms with van der Waals surface area (Å²) in [5, 5.41) is 11.3. The second kappa shape index (κ2) is 6.60. The third-order valence-electron chi connectivity index (χ3n) is 3.89. The number of imide groups is 1. The molecule has 2 heterocycles. The number of rotatable bonds is 5. The van der Waals surface area contributed by atoms with Crippen LogP contribution in [-0.4, -0.2) is 37.9 Å². The largest absolute Gasteiger partial charge is 0.325 e. The van der Waals surface area contributed by atoms with Crippen LogP contribution in [0.25, 0.3) is 0 Å². The molecule has 0 bridgehead atoms. The summed E-state index contributed by atoms with van der Waals surface area (Å²) in [6.45, 7) is 4.14. The van der Waals surface area contributed by atoms with Crippen molar-refractivity contribution in [2.45, 2.75) is 38.9 Å². The maximum Gasteiger partial charge on any atom is 0.325 e. The van der Waals surface area contributed by atoms with E-state index in [1.165, 1.54) is 4.90 Å². The summed E-state index contributed by atoms with van der Waals surface area (Å²) in [6.07, 6.45) is 2.11. The third kappa shape index (κ3) is 3.26. The van der Waals surface area contributed by atoms with E-state index in [-0.39, 0.29) is 18.5 Å². The molecule has 0 saturated carbocycles. The third-order valence-corrected chi connectivity index (χ3v) is 4.26. The number of halogens is 1. The minimum absolute atomic E-state index is 0.152. The fraction of sp³-hybridized carbons (Fsp3) is 0.375. The Hall–Kier alpha value is -2.41. The monoisotopic (exact) mass is 347 g/mol. The Labute approximate surface area is 144 Å². The highest BCUT2D eigenvalue weighted by molar-refractivity contribution is 6.31. The highest BCUT2D eigenvalue weighted by Crippen LogP contribution is 2.20. The highest BCUT2D eigenvalue weighted by Gasteiger charge is 2.38. The normalized spacial score (nSPS) is 17.7. The summed E-state index contributed by atoms with van der Waals surface area (Å²) in [5.74, 6) is -0.279. The standard InChI is InChI=1S/C16H18ClN5O2/c1-10(2)22-9-12(19-20-22)7-14-15(23)21(16(24)18-14)8-11-5-3-4-6-13(11)17/h3-6,9-10,14H,7-8H2,1-2H3,(H,18,24). The number of urea groups is 1. The molecule has 1 aromatic heterocycles. The van der Waals surface area contributed by atoms with Gasteiger partial charge in [-0.25, -0.2) is 9.48 Å². The van der Waals surface area contributed by atoms with Crippen LogP contribution in [0.3, 0.4) is 0 Å². The van der Waals surface area contributed by atoms with Crippen LogP contribution in [0.15, 0.2) is 30.5 Å². The van der Waals surface area contributed by atoms with E-state index >= 15 is 0 Å². The minimum Gasteiger partial charge on any atom is -0.325 e. The van der Waals surface area contributed by atoms with E-state index in [9.17, 15) is 9.59 Å². The van der Waals surface area contributed by atoms with Crippen LogP contribution in [0, 0.1) is 0 Å².